The molecule has 1 aliphatic heterocycles. The molecular weight excluding hydrogens is 466 g/mol. The van der Waals surface area contributed by atoms with Crippen molar-refractivity contribution < 1.29 is 26.7 Å². The number of anilines is 1. The minimum absolute atomic E-state index is 0.0501. The van der Waals surface area contributed by atoms with Crippen molar-refractivity contribution in [3.05, 3.63) is 76.5 Å². The van der Waals surface area contributed by atoms with Crippen LogP contribution in [0, 0.1) is 25.5 Å². The van der Waals surface area contributed by atoms with Crippen molar-refractivity contribution in [1.29, 1.82) is 0 Å². The Balaban J connectivity index is 1.60. The number of aryl methyl sites for hydroxylation is 2. The molecule has 0 unspecified atom stereocenters. The van der Waals surface area contributed by atoms with E-state index in [0.717, 1.165) is 18.2 Å². The molecule has 0 radical (unpaired) electrons. The van der Waals surface area contributed by atoms with Gasteiger partial charge in [-0.25, -0.2) is 21.9 Å². The fourth-order valence-corrected chi connectivity index (χ4v) is 5.37. The molecule has 34 heavy (non-hydrogen) atoms. The topological polar surface area (TPSA) is 93.5 Å². The van der Waals surface area contributed by atoms with Crippen molar-refractivity contribution in [2.75, 3.05) is 31.6 Å². The van der Waals surface area contributed by atoms with Crippen molar-refractivity contribution in [3.8, 4) is 0 Å². The van der Waals surface area contributed by atoms with E-state index >= 15 is 0 Å². The van der Waals surface area contributed by atoms with Gasteiger partial charge in [0, 0.05) is 29.8 Å². The van der Waals surface area contributed by atoms with E-state index in [9.17, 15) is 22.0 Å². The summed E-state index contributed by atoms with van der Waals surface area (Å²) in [6.07, 6.45) is 1.50. The zero-order valence-electron chi connectivity index (χ0n) is 18.7. The minimum Gasteiger partial charge on any atom is -0.379 e. The molecule has 3 aromatic rings. The number of benzene rings is 2. The number of aromatic nitrogens is 2. The second-order valence-electron chi connectivity index (χ2n) is 8.02. The first kappa shape index (κ1) is 24.0. The van der Waals surface area contributed by atoms with Gasteiger partial charge in [-0.05, 0) is 49.7 Å². The quantitative estimate of drug-likeness (QED) is 0.573. The zero-order valence-corrected chi connectivity index (χ0v) is 19.5. The Morgan fingerprint density at radius 3 is 2.56 bits per heavy atom. The lowest BCUT2D eigenvalue weighted by Gasteiger charge is -2.26. The van der Waals surface area contributed by atoms with Crippen LogP contribution in [0.25, 0.3) is 0 Å². The van der Waals surface area contributed by atoms with Gasteiger partial charge in [0.05, 0.1) is 30.9 Å². The highest BCUT2D eigenvalue weighted by atomic mass is 32.2. The summed E-state index contributed by atoms with van der Waals surface area (Å²) < 4.78 is 61.9. The van der Waals surface area contributed by atoms with E-state index in [1.165, 1.54) is 27.3 Å². The zero-order chi connectivity index (χ0) is 24.5. The van der Waals surface area contributed by atoms with E-state index in [2.05, 4.69) is 10.4 Å². The highest BCUT2D eigenvalue weighted by molar-refractivity contribution is 7.89. The molecule has 1 fully saturated rings. The number of ether oxygens (including phenoxy) is 1. The first-order valence-electron chi connectivity index (χ1n) is 10.6. The van der Waals surface area contributed by atoms with Crippen LogP contribution in [0.2, 0.25) is 0 Å². The van der Waals surface area contributed by atoms with Crippen molar-refractivity contribution in [2.45, 2.75) is 25.3 Å². The summed E-state index contributed by atoms with van der Waals surface area (Å²) in [5.41, 5.74) is 1.35. The first-order valence-corrected chi connectivity index (χ1v) is 12.1. The number of hydrogen-bond donors (Lipinski definition) is 1. The van der Waals surface area contributed by atoms with Crippen LogP contribution in [-0.4, -0.2) is 54.7 Å². The monoisotopic (exact) mass is 490 g/mol. The number of rotatable bonds is 6. The van der Waals surface area contributed by atoms with Crippen LogP contribution in [0.4, 0.5) is 14.6 Å². The van der Waals surface area contributed by atoms with Crippen LogP contribution >= 0.6 is 0 Å². The van der Waals surface area contributed by atoms with Gasteiger partial charge in [0.15, 0.2) is 0 Å². The average molecular weight is 491 g/mol. The van der Waals surface area contributed by atoms with E-state index in [1.54, 1.807) is 19.9 Å². The van der Waals surface area contributed by atoms with Crippen LogP contribution in [0.15, 0.2) is 47.5 Å². The van der Waals surface area contributed by atoms with Crippen LogP contribution in [0.3, 0.4) is 0 Å². The van der Waals surface area contributed by atoms with Gasteiger partial charge in [-0.3, -0.25) is 4.79 Å². The maximum atomic E-state index is 14.1. The Hall–Kier alpha value is -3.15. The molecule has 0 saturated carbocycles. The molecule has 11 heteroatoms. The van der Waals surface area contributed by atoms with Gasteiger partial charge < -0.3 is 10.1 Å². The van der Waals surface area contributed by atoms with Gasteiger partial charge in [0.2, 0.25) is 10.0 Å². The highest BCUT2D eigenvalue weighted by Crippen LogP contribution is 2.24. The predicted octanol–water partition coefficient (Wildman–Crippen LogP) is 3.10. The molecule has 0 spiro atoms. The summed E-state index contributed by atoms with van der Waals surface area (Å²) >= 11 is 0. The number of nitrogens with zero attached hydrogens (tertiary/aromatic N) is 3. The maximum absolute atomic E-state index is 14.1. The Kier molecular flexibility index (Phi) is 6.78. The maximum Gasteiger partial charge on any atom is 0.256 e. The predicted molar refractivity (Wildman–Crippen MR) is 121 cm³/mol. The number of nitrogens with one attached hydrogen (secondary N) is 1. The number of hydrogen-bond acceptors (Lipinski definition) is 5. The minimum atomic E-state index is -3.80. The van der Waals surface area contributed by atoms with Crippen molar-refractivity contribution >= 4 is 21.7 Å². The second kappa shape index (κ2) is 9.61. The molecule has 0 atom stereocenters. The smallest absolute Gasteiger partial charge is 0.256 e. The normalized spacial score (nSPS) is 14.8. The molecule has 1 N–H and O–H groups in total. The molecular formula is C23H24F2N4O4S. The molecule has 1 aromatic heterocycles. The molecule has 0 bridgehead atoms. The Labute approximate surface area is 196 Å². The van der Waals surface area contributed by atoms with Gasteiger partial charge in [-0.15, -0.1) is 0 Å². The van der Waals surface area contributed by atoms with Gasteiger partial charge in [-0.2, -0.15) is 9.40 Å². The van der Waals surface area contributed by atoms with E-state index in [4.69, 9.17) is 4.74 Å². The third-order valence-corrected chi connectivity index (χ3v) is 7.66. The largest absolute Gasteiger partial charge is 0.379 e. The number of morpholine rings is 1. The molecule has 1 aliphatic rings. The third kappa shape index (κ3) is 4.86. The molecule has 2 heterocycles. The number of amides is 1. The molecule has 1 amide bonds. The lowest BCUT2D eigenvalue weighted by atomic mass is 10.1. The first-order chi connectivity index (χ1) is 16.2. The fourth-order valence-electron chi connectivity index (χ4n) is 3.71. The summed E-state index contributed by atoms with van der Waals surface area (Å²) in [7, 11) is -3.80. The number of carbonyl (C=O) groups is 1. The third-order valence-electron chi connectivity index (χ3n) is 5.62. The molecule has 1 saturated heterocycles. The molecule has 4 rings (SSSR count). The van der Waals surface area contributed by atoms with Gasteiger partial charge >= 0.3 is 0 Å². The van der Waals surface area contributed by atoms with Crippen LogP contribution in [-0.2, 0) is 21.3 Å². The molecule has 180 valence electrons. The van der Waals surface area contributed by atoms with E-state index in [1.807, 2.05) is 0 Å². The van der Waals surface area contributed by atoms with Crippen LogP contribution in [0.1, 0.15) is 27.0 Å². The summed E-state index contributed by atoms with van der Waals surface area (Å²) in [5.74, 6) is -1.43. The van der Waals surface area contributed by atoms with Crippen molar-refractivity contribution in [2.24, 2.45) is 0 Å². The standard InChI is InChI=1S/C23H24F2N4O4S/c1-15-3-4-17(12-21(15)34(31,32)28-7-9-33-10-8-28)23(30)27-22-16(2)13-26-29(22)14-18-11-19(24)5-6-20(18)25/h3-6,11-13H,7-10,14H2,1-2H3,(H,27,30). The van der Waals surface area contributed by atoms with Crippen molar-refractivity contribution in [1.82, 2.24) is 14.1 Å². The summed E-state index contributed by atoms with van der Waals surface area (Å²) in [5, 5.41) is 6.88. The molecule has 8 nitrogen and oxygen atoms in total. The van der Waals surface area contributed by atoms with Gasteiger partial charge in [-0.1, -0.05) is 6.07 Å². The Bertz CT molecular complexity index is 1330. The Morgan fingerprint density at radius 2 is 1.82 bits per heavy atom. The fraction of sp³-hybridized carbons (Fsp3) is 0.304. The number of carbonyl (C=O) groups excluding carboxylic acids is 1. The summed E-state index contributed by atoms with van der Waals surface area (Å²) in [4.78, 5) is 13.1. The van der Waals surface area contributed by atoms with Crippen molar-refractivity contribution in [3.63, 3.8) is 0 Å². The lowest BCUT2D eigenvalue weighted by Crippen LogP contribution is -2.40. The number of sulfonamides is 1. The molecule has 2 aromatic carbocycles. The van der Waals surface area contributed by atoms with E-state index in [0.29, 0.717) is 30.2 Å². The molecule has 0 aliphatic carbocycles. The lowest BCUT2D eigenvalue weighted by molar-refractivity contribution is 0.0730. The van der Waals surface area contributed by atoms with E-state index < -0.39 is 27.6 Å². The number of halogens is 2. The van der Waals surface area contributed by atoms with Crippen LogP contribution < -0.4 is 5.32 Å². The van der Waals surface area contributed by atoms with E-state index in [-0.39, 0.29) is 35.7 Å². The van der Waals surface area contributed by atoms with Gasteiger partial charge in [0.25, 0.3) is 5.91 Å². The average Bonchev–Trinajstić information content (AvgIpc) is 3.15. The highest BCUT2D eigenvalue weighted by Gasteiger charge is 2.28. The van der Waals surface area contributed by atoms with Crippen LogP contribution in [0.5, 0.6) is 0 Å². The second-order valence-corrected chi connectivity index (χ2v) is 9.93. The summed E-state index contributed by atoms with van der Waals surface area (Å²) in [6, 6.07) is 7.58. The Morgan fingerprint density at radius 1 is 1.09 bits per heavy atom. The summed E-state index contributed by atoms with van der Waals surface area (Å²) in [6.45, 7) is 4.39. The SMILES string of the molecule is Cc1ccc(C(=O)Nc2c(C)cnn2Cc2cc(F)ccc2F)cc1S(=O)(=O)N1CCOCC1. The van der Waals surface area contributed by atoms with Gasteiger partial charge in [0.1, 0.15) is 17.5 Å².